The van der Waals surface area contributed by atoms with Gasteiger partial charge in [-0.15, -0.1) is 5.11 Å². The number of amides is 1. The molecule has 4 rings (SSSR count). The van der Waals surface area contributed by atoms with E-state index in [1.807, 2.05) is 0 Å². The Bertz CT molecular complexity index is 884. The van der Waals surface area contributed by atoms with Crippen LogP contribution < -0.4 is 10.3 Å². The van der Waals surface area contributed by atoms with Crippen LogP contribution in [0, 0.1) is 10.1 Å². The number of aliphatic hydroxyl groups is 1. The summed E-state index contributed by atoms with van der Waals surface area (Å²) in [5, 5.41) is 29.5. The van der Waals surface area contributed by atoms with E-state index in [4.69, 9.17) is 4.74 Å². The van der Waals surface area contributed by atoms with E-state index in [1.165, 1.54) is 17.1 Å². The van der Waals surface area contributed by atoms with Crippen LogP contribution in [0.1, 0.15) is 28.8 Å². The Morgan fingerprint density at radius 1 is 1.25 bits per heavy atom. The highest BCUT2D eigenvalue weighted by Gasteiger charge is 2.21. The van der Waals surface area contributed by atoms with Gasteiger partial charge in [0.1, 0.15) is 5.75 Å². The van der Waals surface area contributed by atoms with Crippen LogP contribution in [-0.4, -0.2) is 34.1 Å². The molecule has 2 heterocycles. The van der Waals surface area contributed by atoms with Crippen LogP contribution >= 0.6 is 0 Å². The third kappa shape index (κ3) is 4.60. The van der Waals surface area contributed by atoms with Crippen molar-refractivity contribution in [3.63, 3.8) is 0 Å². The standard InChI is InChI=1S/C18H19N5O5/c24-12-14-4-3-13(11-17(14)23(26)27)18(25)22-9-1-2-10-28-16-7-5-15(6-8-16)19-20-21-22/h3-8,11,24H,1-2,9-10,12H2,(H,19,21). The summed E-state index contributed by atoms with van der Waals surface area (Å²) in [5.74, 6) is 0.243. The van der Waals surface area contributed by atoms with Crippen LogP contribution in [0.3, 0.4) is 0 Å². The third-order valence-corrected chi connectivity index (χ3v) is 4.16. The van der Waals surface area contributed by atoms with Gasteiger partial charge in [-0.25, -0.2) is 5.01 Å². The summed E-state index contributed by atoms with van der Waals surface area (Å²) in [5.41, 5.74) is 3.11. The molecule has 0 aliphatic carbocycles. The van der Waals surface area contributed by atoms with Gasteiger partial charge in [-0.1, -0.05) is 5.22 Å². The van der Waals surface area contributed by atoms with Crippen molar-refractivity contribution < 1.29 is 19.6 Å². The van der Waals surface area contributed by atoms with Gasteiger partial charge in [0.2, 0.25) is 0 Å². The molecule has 0 unspecified atom stereocenters. The summed E-state index contributed by atoms with van der Waals surface area (Å²) in [7, 11) is 0. The van der Waals surface area contributed by atoms with Crippen molar-refractivity contribution in [2.75, 3.05) is 13.2 Å². The number of hydrogen-bond donors (Lipinski definition) is 2. The Morgan fingerprint density at radius 2 is 2.04 bits per heavy atom. The first-order chi connectivity index (χ1) is 13.6. The largest absolute Gasteiger partial charge is 0.494 e. The molecule has 10 nitrogen and oxygen atoms in total. The van der Waals surface area contributed by atoms with Crippen molar-refractivity contribution in [3.05, 3.63) is 63.7 Å². The highest BCUT2D eigenvalue weighted by molar-refractivity contribution is 5.94. The van der Waals surface area contributed by atoms with E-state index < -0.39 is 17.4 Å². The lowest BCUT2D eigenvalue weighted by Crippen LogP contribution is -2.40. The molecule has 0 saturated carbocycles. The van der Waals surface area contributed by atoms with Gasteiger partial charge in [0, 0.05) is 18.2 Å². The Balaban J connectivity index is 1.82. The van der Waals surface area contributed by atoms with Crippen LogP contribution in [-0.2, 0) is 6.61 Å². The van der Waals surface area contributed by atoms with Gasteiger partial charge in [-0.3, -0.25) is 14.9 Å². The predicted molar refractivity (Wildman–Crippen MR) is 98.9 cm³/mol. The Morgan fingerprint density at radius 3 is 2.75 bits per heavy atom. The topological polar surface area (TPSA) is 130 Å². The maximum atomic E-state index is 12.8. The zero-order valence-corrected chi connectivity index (χ0v) is 14.9. The van der Waals surface area contributed by atoms with E-state index in [1.54, 1.807) is 24.3 Å². The molecule has 2 aromatic carbocycles. The molecule has 0 spiro atoms. The number of nitro groups is 1. The molecule has 146 valence electrons. The summed E-state index contributed by atoms with van der Waals surface area (Å²) in [6, 6.07) is 11.0. The minimum absolute atomic E-state index is 0.107. The number of carbonyl (C=O) groups is 1. The highest BCUT2D eigenvalue weighted by Crippen LogP contribution is 2.22. The van der Waals surface area contributed by atoms with Crippen molar-refractivity contribution in [1.82, 2.24) is 10.5 Å². The SMILES string of the molecule is O=C(c1ccc(CO)c([N+](=O)[O-])c1)N1CCCCOc2ccc(cc2)N=NN1. The number of benzene rings is 2. The van der Waals surface area contributed by atoms with Gasteiger partial charge in [0.25, 0.3) is 11.6 Å². The van der Waals surface area contributed by atoms with Gasteiger partial charge in [0.15, 0.2) is 0 Å². The number of nitrogens with zero attached hydrogens (tertiary/aromatic N) is 4. The molecule has 0 radical (unpaired) electrons. The lowest BCUT2D eigenvalue weighted by atomic mass is 10.1. The minimum atomic E-state index is -0.629. The molecule has 2 bridgehead atoms. The maximum absolute atomic E-state index is 12.8. The van der Waals surface area contributed by atoms with E-state index in [9.17, 15) is 20.0 Å². The summed E-state index contributed by atoms with van der Waals surface area (Å²) in [6.07, 6.45) is 1.33. The lowest BCUT2D eigenvalue weighted by molar-refractivity contribution is -0.385. The maximum Gasteiger partial charge on any atom is 0.275 e. The summed E-state index contributed by atoms with van der Waals surface area (Å²) in [4.78, 5) is 23.4. The Labute approximate surface area is 160 Å². The average molecular weight is 385 g/mol. The van der Waals surface area contributed by atoms with Crippen LogP contribution in [0.5, 0.6) is 5.75 Å². The van der Waals surface area contributed by atoms with Gasteiger partial charge in [0.05, 0.1) is 29.4 Å². The number of ether oxygens (including phenoxy) is 1. The number of hydrogen-bond acceptors (Lipinski definition) is 8. The second-order valence-corrected chi connectivity index (χ2v) is 6.06. The smallest absolute Gasteiger partial charge is 0.275 e. The predicted octanol–water partition coefficient (Wildman–Crippen LogP) is 2.91. The first kappa shape index (κ1) is 19.2. The van der Waals surface area contributed by atoms with Crippen molar-refractivity contribution >= 4 is 17.3 Å². The van der Waals surface area contributed by atoms with Crippen LogP contribution in [0.2, 0.25) is 0 Å². The molecule has 10 heteroatoms. The second kappa shape index (κ2) is 8.91. The molecule has 0 aromatic heterocycles. The zero-order chi connectivity index (χ0) is 19.9. The lowest BCUT2D eigenvalue weighted by Gasteiger charge is -2.20. The molecule has 2 N–H and O–H groups in total. The second-order valence-electron chi connectivity index (χ2n) is 6.06. The molecular formula is C18H19N5O5. The summed E-state index contributed by atoms with van der Waals surface area (Å²) in [6.45, 7) is 0.314. The van der Waals surface area contributed by atoms with E-state index in [0.717, 1.165) is 11.8 Å². The molecule has 0 saturated heterocycles. The zero-order valence-electron chi connectivity index (χ0n) is 14.9. The van der Waals surface area contributed by atoms with Crippen LogP contribution in [0.4, 0.5) is 11.4 Å². The van der Waals surface area contributed by atoms with Crippen molar-refractivity contribution in [2.24, 2.45) is 10.3 Å². The van der Waals surface area contributed by atoms with Gasteiger partial charge in [-0.2, -0.15) is 5.53 Å². The van der Waals surface area contributed by atoms with Crippen molar-refractivity contribution in [2.45, 2.75) is 19.4 Å². The van der Waals surface area contributed by atoms with Gasteiger partial charge in [-0.05, 0) is 49.2 Å². The summed E-state index contributed by atoms with van der Waals surface area (Å²) < 4.78 is 5.63. The number of nitro benzene ring substituents is 1. The normalized spacial score (nSPS) is 14.2. The number of rotatable bonds is 3. The van der Waals surface area contributed by atoms with Crippen molar-refractivity contribution in [3.8, 4) is 5.75 Å². The number of aliphatic hydroxyl groups excluding tert-OH is 1. The minimum Gasteiger partial charge on any atom is -0.494 e. The Hall–Kier alpha value is -3.53. The fraction of sp³-hybridized carbons (Fsp3) is 0.278. The van der Waals surface area contributed by atoms with Crippen LogP contribution in [0.15, 0.2) is 52.8 Å². The quantitative estimate of drug-likeness (QED) is 0.617. The highest BCUT2D eigenvalue weighted by atomic mass is 16.6. The van der Waals surface area contributed by atoms with Gasteiger partial charge < -0.3 is 9.84 Å². The summed E-state index contributed by atoms with van der Waals surface area (Å²) >= 11 is 0. The number of hydrazine groups is 1. The van der Waals surface area contributed by atoms with E-state index in [2.05, 4.69) is 15.9 Å². The van der Waals surface area contributed by atoms with E-state index in [-0.39, 0.29) is 16.8 Å². The molecule has 1 amide bonds. The first-order valence-electron chi connectivity index (χ1n) is 8.68. The fourth-order valence-corrected chi connectivity index (χ4v) is 2.66. The third-order valence-electron chi connectivity index (χ3n) is 4.16. The molecule has 0 atom stereocenters. The first-order valence-corrected chi connectivity index (χ1v) is 8.68. The molecule has 2 aromatic rings. The molecule has 28 heavy (non-hydrogen) atoms. The monoisotopic (exact) mass is 385 g/mol. The molecular weight excluding hydrogens is 366 g/mol. The van der Waals surface area contributed by atoms with Crippen LogP contribution in [0.25, 0.3) is 0 Å². The number of nitrogens with one attached hydrogen (secondary N) is 1. The molecule has 0 fully saturated rings. The number of carbonyl (C=O) groups excluding carboxylic acids is 1. The fourth-order valence-electron chi connectivity index (χ4n) is 2.66. The van der Waals surface area contributed by atoms with E-state index >= 15 is 0 Å². The molecule has 2 aliphatic rings. The average Bonchev–Trinajstić information content (AvgIpc) is 2.75. The molecule has 2 aliphatic heterocycles. The number of fused-ring (bicyclic) bond motifs is 9. The van der Waals surface area contributed by atoms with Crippen molar-refractivity contribution in [1.29, 1.82) is 0 Å². The van der Waals surface area contributed by atoms with E-state index in [0.29, 0.717) is 31.7 Å². The Kier molecular flexibility index (Phi) is 6.12. The van der Waals surface area contributed by atoms with Gasteiger partial charge >= 0.3 is 0 Å².